The maximum atomic E-state index is 13.0. The summed E-state index contributed by atoms with van der Waals surface area (Å²) in [5, 5.41) is 0. The highest BCUT2D eigenvalue weighted by Crippen LogP contribution is 2.45. The van der Waals surface area contributed by atoms with Crippen molar-refractivity contribution in [1.82, 2.24) is 0 Å². The highest BCUT2D eigenvalue weighted by Gasteiger charge is 2.40. The van der Waals surface area contributed by atoms with Crippen LogP contribution in [-0.4, -0.2) is 72.7 Å². The Labute approximate surface area is 758 Å². The maximum absolute atomic E-state index is 13.0. The summed E-state index contributed by atoms with van der Waals surface area (Å²) in [5.41, 5.74) is 5.59. The van der Waals surface area contributed by atoms with Crippen LogP contribution in [0.25, 0.3) is 0 Å². The Morgan fingerprint density at radius 3 is 0.688 bits per heavy atom. The van der Waals surface area contributed by atoms with Gasteiger partial charge in [-0.25, -0.2) is 0 Å². The molecule has 0 spiro atoms. The summed E-state index contributed by atoms with van der Waals surface area (Å²) in [6.45, 7) is 20.6. The van der Waals surface area contributed by atoms with Gasteiger partial charge in [0.05, 0.1) is 50.1 Å². The zero-order valence-electron chi connectivity index (χ0n) is 79.7. The van der Waals surface area contributed by atoms with Gasteiger partial charge in [-0.15, -0.1) is 0 Å². The molecule has 12 heteroatoms. The van der Waals surface area contributed by atoms with Crippen molar-refractivity contribution >= 4 is 46.3 Å². The lowest BCUT2D eigenvalue weighted by Crippen LogP contribution is -2.32. The number of hydrogen-bond donors (Lipinski definition) is 0. The number of ether oxygens (including phenoxy) is 4. The van der Waals surface area contributed by atoms with E-state index in [-0.39, 0.29) is 69.9 Å². The molecule has 4 aromatic carbocycles. The molecular formula is C113H170O12. The summed E-state index contributed by atoms with van der Waals surface area (Å²) in [7, 11) is 0. The Morgan fingerprint density at radius 1 is 0.232 bits per heavy atom. The van der Waals surface area contributed by atoms with Gasteiger partial charge < -0.3 is 18.9 Å². The number of Topliss-reactive ketones (excluding diaryl/α,β-unsaturated/α-hetero) is 8. The van der Waals surface area contributed by atoms with Gasteiger partial charge >= 0.3 is 0 Å². The third kappa shape index (κ3) is 35.3. The standard InChI is InChI=1S/C31H48O3.C29H44O3.C27H40O3.C26H38O3/c1-3-5-7-8-9-10-24-13-20-29(30(32)22-24)31(33)23-25-11-14-26(15-12-25)27-16-18-28(19-17-27)34-21-6-4-2;1-3-5-7-8-22-11-18-27(28(30)20-22)29(31)21-23-9-12-24(13-10-23)25-14-16-26(17-15-25)32-19-6-4-2;1-3-5-17-30-24-14-12-23(13-15-24)22-10-7-21(8-11-22)19-27(29)25-16-9-20(6-4-2)18-26(25)28;1-3-5-16-29-23-13-11-22(12-14-23)21-9-6-20(7-10-21)18-26(28)24-15-8-19(4-2)17-25(24)27/h16-19,24-26,29H,3-15,20-23H2,1-2H3;14-17,22-24,27H,3-13,18-21H2,1-2H3;12-15,20-22,25H,3-11,16-19H2,1-2H3;11-14,19-21,24H,3-10,15-18H2,1-2H3. The molecule has 125 heavy (non-hydrogen) atoms. The summed E-state index contributed by atoms with van der Waals surface area (Å²) >= 11 is 0. The summed E-state index contributed by atoms with van der Waals surface area (Å²) in [5.74, 6) is 10.8. The van der Waals surface area contributed by atoms with Crippen LogP contribution in [0.2, 0.25) is 0 Å². The van der Waals surface area contributed by atoms with Crippen LogP contribution in [0.5, 0.6) is 23.0 Å². The Hall–Kier alpha value is -6.56. The van der Waals surface area contributed by atoms with Crippen molar-refractivity contribution < 1.29 is 57.3 Å². The summed E-state index contributed by atoms with van der Waals surface area (Å²) in [6.07, 6.45) is 55.2. The fraction of sp³-hybridized carbons (Fsp3) is 0.717. The van der Waals surface area contributed by atoms with Crippen LogP contribution in [-0.2, 0) is 38.4 Å². The van der Waals surface area contributed by atoms with E-state index in [1.165, 1.54) is 80.0 Å². The molecule has 4 aromatic rings. The topological polar surface area (TPSA) is 173 Å². The molecule has 8 fully saturated rings. The predicted molar refractivity (Wildman–Crippen MR) is 511 cm³/mol. The fourth-order valence-corrected chi connectivity index (χ4v) is 22.1. The third-order valence-electron chi connectivity index (χ3n) is 30.5. The molecule has 12 nitrogen and oxygen atoms in total. The summed E-state index contributed by atoms with van der Waals surface area (Å²) < 4.78 is 23.1. The Bertz CT molecular complexity index is 3730. The Balaban J connectivity index is 0.000000189. The van der Waals surface area contributed by atoms with Crippen LogP contribution < -0.4 is 18.9 Å². The van der Waals surface area contributed by atoms with Crippen LogP contribution in [0.15, 0.2) is 97.1 Å². The van der Waals surface area contributed by atoms with Gasteiger partial charge in [-0.05, 0) is 322 Å². The van der Waals surface area contributed by atoms with Crippen molar-refractivity contribution in [1.29, 1.82) is 0 Å². The first-order chi connectivity index (χ1) is 60.9. The molecule has 0 aromatic heterocycles. The predicted octanol–water partition coefficient (Wildman–Crippen LogP) is 29.5. The SMILES string of the molecule is CCCCCC1CCC(C(=O)CC2CCC(c3ccc(OCCCC)cc3)CC2)C(=O)C1.CCCCCCCC1CCC(C(=O)CC2CCC(c3ccc(OCCCC)cc3)CC2)C(=O)C1.CCCCOc1ccc(C2CCC(CC(=O)C3CCC(CC)CC3=O)CC2)cc1.CCCCOc1ccc(C2CCC(CC(=O)C3CCC(CCC)CC3=O)CC2)cc1. The molecule has 0 radical (unpaired) electrons. The number of rotatable bonds is 45. The lowest BCUT2D eigenvalue weighted by atomic mass is 9.73. The second-order valence-corrected chi connectivity index (χ2v) is 40.2. The molecule has 8 aliphatic rings. The highest BCUT2D eigenvalue weighted by atomic mass is 16.5. The smallest absolute Gasteiger partial charge is 0.143 e. The number of carbonyl (C=O) groups excluding carboxylic acids is 8. The van der Waals surface area contributed by atoms with E-state index in [0.29, 0.717) is 122 Å². The normalized spacial score (nSPS) is 26.5. The van der Waals surface area contributed by atoms with Gasteiger partial charge in [0.2, 0.25) is 0 Å². The van der Waals surface area contributed by atoms with E-state index in [9.17, 15) is 38.4 Å². The molecule has 0 bridgehead atoms. The van der Waals surface area contributed by atoms with Gasteiger partial charge in [-0.2, -0.15) is 0 Å². The van der Waals surface area contributed by atoms with Crippen molar-refractivity contribution in [3.05, 3.63) is 119 Å². The molecule has 8 aliphatic carbocycles. The van der Waals surface area contributed by atoms with E-state index >= 15 is 0 Å². The van der Waals surface area contributed by atoms with Gasteiger partial charge in [0.15, 0.2) is 0 Å². The average Bonchev–Trinajstić information content (AvgIpc) is 0.846. The second kappa shape index (κ2) is 57.5. The summed E-state index contributed by atoms with van der Waals surface area (Å²) in [6, 6.07) is 34.5. The molecule has 0 heterocycles. The van der Waals surface area contributed by atoms with Gasteiger partial charge in [0.25, 0.3) is 0 Å². The van der Waals surface area contributed by atoms with Gasteiger partial charge in [-0.1, -0.05) is 213 Å². The first-order valence-corrected chi connectivity index (χ1v) is 52.0. The van der Waals surface area contributed by atoms with Crippen molar-refractivity contribution in [2.75, 3.05) is 26.4 Å². The third-order valence-corrected chi connectivity index (χ3v) is 30.5. The van der Waals surface area contributed by atoms with Gasteiger partial charge in [0.1, 0.15) is 69.3 Å². The van der Waals surface area contributed by atoms with Crippen molar-refractivity contribution in [3.63, 3.8) is 0 Å². The van der Waals surface area contributed by atoms with Crippen molar-refractivity contribution in [3.8, 4) is 23.0 Å². The van der Waals surface area contributed by atoms with Gasteiger partial charge in [-0.3, -0.25) is 38.4 Å². The zero-order chi connectivity index (χ0) is 88.9. The first kappa shape index (κ1) is 102. The molecule has 12 rings (SSSR count). The quantitative estimate of drug-likeness (QED) is 0.0303. The number of carbonyl (C=O) groups is 8. The minimum absolute atomic E-state index is 0.211. The first-order valence-electron chi connectivity index (χ1n) is 52.0. The van der Waals surface area contributed by atoms with E-state index in [1.54, 1.807) is 0 Å². The van der Waals surface area contributed by atoms with E-state index in [0.717, 1.165) is 281 Å². The largest absolute Gasteiger partial charge is 0.494 e. The van der Waals surface area contributed by atoms with Crippen LogP contribution in [0.4, 0.5) is 0 Å². The number of ketones is 8. The number of unbranched alkanes of at least 4 members (excludes halogenated alkanes) is 10. The maximum Gasteiger partial charge on any atom is 0.143 e. The molecule has 0 N–H and O–H groups in total. The lowest BCUT2D eigenvalue weighted by Gasteiger charge is -2.31. The van der Waals surface area contributed by atoms with Crippen LogP contribution in [0.3, 0.4) is 0 Å². The monoisotopic (exact) mass is 1720 g/mol. The minimum atomic E-state index is -0.297. The Kier molecular flexibility index (Phi) is 47.0. The molecule has 8 atom stereocenters. The number of benzene rings is 4. The molecule has 8 unspecified atom stereocenters. The van der Waals surface area contributed by atoms with Gasteiger partial charge in [0, 0.05) is 51.4 Å². The second-order valence-electron chi connectivity index (χ2n) is 40.2. The molecule has 0 aliphatic heterocycles. The molecule has 694 valence electrons. The van der Waals surface area contributed by atoms with E-state index < -0.39 is 0 Å². The molecular weight excluding hydrogens is 1550 g/mol. The van der Waals surface area contributed by atoms with E-state index in [4.69, 9.17) is 18.9 Å². The minimum Gasteiger partial charge on any atom is -0.494 e. The average molecular weight is 1720 g/mol. The fourth-order valence-electron chi connectivity index (χ4n) is 22.1. The Morgan fingerprint density at radius 2 is 0.448 bits per heavy atom. The van der Waals surface area contributed by atoms with Crippen molar-refractivity contribution in [2.45, 2.75) is 419 Å². The van der Waals surface area contributed by atoms with Crippen LogP contribution in [0.1, 0.15) is 442 Å². The molecule has 0 amide bonds. The summed E-state index contributed by atoms with van der Waals surface area (Å²) in [4.78, 5) is 102. The van der Waals surface area contributed by atoms with Crippen LogP contribution >= 0.6 is 0 Å². The highest BCUT2D eigenvalue weighted by molar-refractivity contribution is 6.05. The van der Waals surface area contributed by atoms with Crippen LogP contribution in [0, 0.1) is 71.0 Å². The van der Waals surface area contributed by atoms with Crippen molar-refractivity contribution in [2.24, 2.45) is 71.0 Å². The molecule has 8 saturated carbocycles. The number of hydrogen-bond acceptors (Lipinski definition) is 12. The van der Waals surface area contributed by atoms with E-state index in [2.05, 4.69) is 152 Å². The zero-order valence-corrected chi connectivity index (χ0v) is 79.7. The lowest BCUT2D eigenvalue weighted by molar-refractivity contribution is -0.137. The van der Waals surface area contributed by atoms with E-state index in [1.807, 2.05) is 0 Å². The molecule has 0 saturated heterocycles.